The molecule has 2 rings (SSSR count). The van der Waals surface area contributed by atoms with Gasteiger partial charge in [-0.15, -0.1) is 6.42 Å². The predicted molar refractivity (Wildman–Crippen MR) is 80.5 cm³/mol. The first-order chi connectivity index (χ1) is 10.1. The van der Waals surface area contributed by atoms with Crippen molar-refractivity contribution in [3.63, 3.8) is 0 Å². The van der Waals surface area contributed by atoms with E-state index >= 15 is 0 Å². The fourth-order valence-corrected chi connectivity index (χ4v) is 2.44. The highest BCUT2D eigenvalue weighted by molar-refractivity contribution is 5.97. The second-order valence-electron chi connectivity index (χ2n) is 5.01. The van der Waals surface area contributed by atoms with E-state index < -0.39 is 5.97 Å². The third-order valence-corrected chi connectivity index (χ3v) is 3.55. The van der Waals surface area contributed by atoms with Gasteiger partial charge in [-0.25, -0.2) is 9.59 Å². The number of carboxylic acid groups (broad SMARTS) is 1. The molecule has 21 heavy (non-hydrogen) atoms. The molecule has 1 aliphatic rings. The quantitative estimate of drug-likeness (QED) is 0.834. The second-order valence-corrected chi connectivity index (χ2v) is 5.01. The lowest BCUT2D eigenvalue weighted by atomic mass is 10.1. The van der Waals surface area contributed by atoms with Gasteiger partial charge in [-0.2, -0.15) is 0 Å². The highest BCUT2D eigenvalue weighted by Crippen LogP contribution is 2.29. The molecule has 1 aliphatic heterocycles. The average molecular weight is 286 g/mol. The molecule has 110 valence electrons. The minimum absolute atomic E-state index is 0.176. The Morgan fingerprint density at radius 2 is 2.29 bits per heavy atom. The first-order valence-electron chi connectivity index (χ1n) is 6.97. The number of aromatic carboxylic acids is 1. The number of amides is 2. The molecular formula is C16H18N2O3. The Morgan fingerprint density at radius 1 is 1.52 bits per heavy atom. The lowest BCUT2D eigenvalue weighted by molar-refractivity contribution is 0.0697. The third-order valence-electron chi connectivity index (χ3n) is 3.55. The zero-order chi connectivity index (χ0) is 15.4. The first kappa shape index (κ1) is 14.9. The number of anilines is 1. The maximum Gasteiger partial charge on any atom is 0.335 e. The first-order valence-corrected chi connectivity index (χ1v) is 6.97. The minimum atomic E-state index is -1.00. The number of carboxylic acids is 1. The summed E-state index contributed by atoms with van der Waals surface area (Å²) in [5.41, 5.74) is 1.80. The summed E-state index contributed by atoms with van der Waals surface area (Å²) >= 11 is 0. The van der Waals surface area contributed by atoms with E-state index in [1.54, 1.807) is 17.0 Å². The smallest absolute Gasteiger partial charge is 0.335 e. The number of hydrogen-bond acceptors (Lipinski definition) is 2. The Hall–Kier alpha value is -2.48. The molecule has 2 N–H and O–H groups in total. The van der Waals surface area contributed by atoms with Crippen LogP contribution in [0.5, 0.6) is 0 Å². The van der Waals surface area contributed by atoms with Gasteiger partial charge in [-0.05, 0) is 30.5 Å². The molecule has 0 saturated carbocycles. The molecule has 0 aromatic heterocycles. The Bertz CT molecular complexity index is 604. The van der Waals surface area contributed by atoms with Crippen molar-refractivity contribution < 1.29 is 14.7 Å². The number of carbonyl (C=O) groups excluding carboxylic acids is 1. The summed E-state index contributed by atoms with van der Waals surface area (Å²) in [6.07, 6.45) is 7.73. The number of rotatable bonds is 4. The van der Waals surface area contributed by atoms with Crippen molar-refractivity contribution in [2.24, 2.45) is 0 Å². The number of benzene rings is 1. The molecule has 1 aromatic carbocycles. The van der Waals surface area contributed by atoms with Crippen LogP contribution < -0.4 is 10.2 Å². The zero-order valence-corrected chi connectivity index (χ0v) is 11.9. The fourth-order valence-electron chi connectivity index (χ4n) is 2.44. The van der Waals surface area contributed by atoms with Gasteiger partial charge in [0.2, 0.25) is 0 Å². The minimum Gasteiger partial charge on any atom is -0.478 e. The van der Waals surface area contributed by atoms with E-state index in [0.29, 0.717) is 12.2 Å². The van der Waals surface area contributed by atoms with E-state index in [9.17, 15) is 9.59 Å². The SMILES string of the molecule is C#CC(CCC)NC(=O)N1CCc2ccc(C(=O)O)cc21. The molecule has 5 heteroatoms. The van der Waals surface area contributed by atoms with Gasteiger partial charge >= 0.3 is 12.0 Å². The number of carbonyl (C=O) groups is 2. The number of nitrogens with zero attached hydrogens (tertiary/aromatic N) is 1. The van der Waals surface area contributed by atoms with E-state index in [4.69, 9.17) is 11.5 Å². The van der Waals surface area contributed by atoms with Gasteiger partial charge in [0.25, 0.3) is 0 Å². The number of urea groups is 1. The molecule has 2 amide bonds. The van der Waals surface area contributed by atoms with Crippen LogP contribution in [0.1, 0.15) is 35.7 Å². The third kappa shape index (κ3) is 3.16. The summed E-state index contributed by atoms with van der Waals surface area (Å²) in [7, 11) is 0. The van der Waals surface area contributed by atoms with Gasteiger partial charge in [0.05, 0.1) is 11.6 Å². The number of fused-ring (bicyclic) bond motifs is 1. The summed E-state index contributed by atoms with van der Waals surface area (Å²) in [6.45, 7) is 2.54. The van der Waals surface area contributed by atoms with Crippen LogP contribution in [0.4, 0.5) is 10.5 Å². The summed E-state index contributed by atoms with van der Waals surface area (Å²) in [5, 5.41) is 11.9. The molecule has 1 atom stereocenters. The summed E-state index contributed by atoms with van der Waals surface area (Å²) in [4.78, 5) is 24.9. The zero-order valence-electron chi connectivity index (χ0n) is 11.9. The van der Waals surface area contributed by atoms with Crippen molar-refractivity contribution in [3.8, 4) is 12.3 Å². The highest BCUT2D eigenvalue weighted by Gasteiger charge is 2.26. The van der Waals surface area contributed by atoms with Crippen molar-refractivity contribution in [1.82, 2.24) is 5.32 Å². The molecule has 0 aliphatic carbocycles. The number of nitrogens with one attached hydrogen (secondary N) is 1. The van der Waals surface area contributed by atoms with Crippen molar-refractivity contribution in [2.45, 2.75) is 32.2 Å². The van der Waals surface area contributed by atoms with E-state index in [1.165, 1.54) is 6.07 Å². The van der Waals surface area contributed by atoms with Crippen molar-refractivity contribution in [3.05, 3.63) is 29.3 Å². The molecule has 0 saturated heterocycles. The maximum absolute atomic E-state index is 12.3. The van der Waals surface area contributed by atoms with E-state index in [0.717, 1.165) is 24.8 Å². The summed E-state index contributed by atoms with van der Waals surface area (Å²) in [5.74, 6) is 1.56. The van der Waals surface area contributed by atoms with Gasteiger partial charge in [-0.3, -0.25) is 4.90 Å². The van der Waals surface area contributed by atoms with Crippen LogP contribution in [0.25, 0.3) is 0 Å². The van der Waals surface area contributed by atoms with Gasteiger partial charge in [0, 0.05) is 12.2 Å². The van der Waals surface area contributed by atoms with Gasteiger partial charge < -0.3 is 10.4 Å². The normalized spacial score (nSPS) is 14.2. The molecule has 0 spiro atoms. The van der Waals surface area contributed by atoms with Gasteiger partial charge in [0.1, 0.15) is 0 Å². The van der Waals surface area contributed by atoms with Crippen LogP contribution in [0, 0.1) is 12.3 Å². The van der Waals surface area contributed by atoms with Crippen LogP contribution in [-0.4, -0.2) is 29.7 Å². The lowest BCUT2D eigenvalue weighted by Crippen LogP contribution is -2.43. The van der Waals surface area contributed by atoms with E-state index in [2.05, 4.69) is 11.2 Å². The van der Waals surface area contributed by atoms with Crippen LogP contribution in [0.3, 0.4) is 0 Å². The Balaban J connectivity index is 2.18. The summed E-state index contributed by atoms with van der Waals surface area (Å²) in [6, 6.07) is 4.29. The van der Waals surface area contributed by atoms with Crippen molar-refractivity contribution >= 4 is 17.7 Å². The summed E-state index contributed by atoms with van der Waals surface area (Å²) < 4.78 is 0. The second kappa shape index (κ2) is 6.31. The van der Waals surface area contributed by atoms with Crippen LogP contribution in [0.2, 0.25) is 0 Å². The molecule has 1 unspecified atom stereocenters. The predicted octanol–water partition coefficient (Wildman–Crippen LogP) is 2.26. The van der Waals surface area contributed by atoms with Crippen molar-refractivity contribution in [2.75, 3.05) is 11.4 Å². The molecule has 1 heterocycles. The molecule has 0 fully saturated rings. The standard InChI is InChI=1S/C16H18N2O3/c1-3-5-13(4-2)17-16(21)18-9-8-11-6-7-12(15(19)20)10-14(11)18/h2,6-7,10,13H,3,5,8-9H2,1H3,(H,17,21)(H,19,20). The Morgan fingerprint density at radius 3 is 2.90 bits per heavy atom. The fraction of sp³-hybridized carbons (Fsp3) is 0.375. The average Bonchev–Trinajstić information content (AvgIpc) is 2.89. The lowest BCUT2D eigenvalue weighted by Gasteiger charge is -2.21. The Kier molecular flexibility index (Phi) is 4.49. The number of hydrogen-bond donors (Lipinski definition) is 2. The monoisotopic (exact) mass is 286 g/mol. The molecule has 1 aromatic rings. The highest BCUT2D eigenvalue weighted by atomic mass is 16.4. The van der Waals surface area contributed by atoms with E-state index in [-0.39, 0.29) is 17.6 Å². The maximum atomic E-state index is 12.3. The van der Waals surface area contributed by atoms with Crippen LogP contribution in [-0.2, 0) is 6.42 Å². The van der Waals surface area contributed by atoms with E-state index in [1.807, 2.05) is 6.92 Å². The Labute approximate surface area is 124 Å². The molecular weight excluding hydrogens is 268 g/mol. The largest absolute Gasteiger partial charge is 0.478 e. The molecule has 0 bridgehead atoms. The van der Waals surface area contributed by atoms with Crippen LogP contribution in [0.15, 0.2) is 18.2 Å². The molecule has 0 radical (unpaired) electrons. The van der Waals surface area contributed by atoms with Gasteiger partial charge in [-0.1, -0.05) is 25.3 Å². The number of terminal acetylenes is 1. The molecule has 5 nitrogen and oxygen atoms in total. The van der Waals surface area contributed by atoms with Gasteiger partial charge in [0.15, 0.2) is 0 Å². The van der Waals surface area contributed by atoms with Crippen LogP contribution >= 0.6 is 0 Å². The van der Waals surface area contributed by atoms with Crippen molar-refractivity contribution in [1.29, 1.82) is 0 Å². The topological polar surface area (TPSA) is 69.6 Å².